The number of likely N-dealkylation sites (tertiary alicyclic amines) is 2. The van der Waals surface area contributed by atoms with Gasteiger partial charge in [-0.1, -0.05) is 18.2 Å². The second-order valence-corrected chi connectivity index (χ2v) is 6.87. The molecule has 3 rings (SSSR count). The predicted molar refractivity (Wildman–Crippen MR) is 93.4 cm³/mol. The quantitative estimate of drug-likeness (QED) is 0.780. The first-order valence-corrected chi connectivity index (χ1v) is 8.77. The number of amides is 2. The Kier molecular flexibility index (Phi) is 5.27. The van der Waals surface area contributed by atoms with Gasteiger partial charge in [-0.05, 0) is 18.9 Å². The Hall–Kier alpha value is -2.08. The van der Waals surface area contributed by atoms with E-state index < -0.39 is 0 Å². The smallest absolute Gasteiger partial charge is 0.230 e. The number of nitrogens with zero attached hydrogens (tertiary/aromatic N) is 2. The summed E-state index contributed by atoms with van der Waals surface area (Å²) in [5, 5.41) is 0. The largest absolute Gasteiger partial charge is 0.496 e. The molecule has 1 unspecified atom stereocenters. The SMILES string of the molecule is COCCN1CCC2(CCN(C(=O)Cc3ccccc3OC)C2)C1=O. The normalized spacial score (nSPS) is 22.9. The molecule has 0 aromatic heterocycles. The Morgan fingerprint density at radius 1 is 1.20 bits per heavy atom. The third kappa shape index (κ3) is 3.49. The monoisotopic (exact) mass is 346 g/mol. The van der Waals surface area contributed by atoms with Crippen molar-refractivity contribution in [3.05, 3.63) is 29.8 Å². The maximum absolute atomic E-state index is 12.8. The molecule has 0 aliphatic carbocycles. The van der Waals surface area contributed by atoms with Crippen LogP contribution in [-0.2, 0) is 20.7 Å². The molecule has 6 nitrogen and oxygen atoms in total. The van der Waals surface area contributed by atoms with Crippen molar-refractivity contribution >= 4 is 11.8 Å². The van der Waals surface area contributed by atoms with Crippen LogP contribution in [0, 0.1) is 5.41 Å². The van der Waals surface area contributed by atoms with Crippen molar-refractivity contribution < 1.29 is 19.1 Å². The summed E-state index contributed by atoms with van der Waals surface area (Å²) in [4.78, 5) is 29.2. The van der Waals surface area contributed by atoms with E-state index in [-0.39, 0.29) is 17.2 Å². The van der Waals surface area contributed by atoms with Crippen molar-refractivity contribution in [1.82, 2.24) is 9.80 Å². The van der Waals surface area contributed by atoms with Gasteiger partial charge in [0.05, 0.1) is 25.6 Å². The molecule has 2 aliphatic rings. The summed E-state index contributed by atoms with van der Waals surface area (Å²) in [7, 11) is 3.25. The van der Waals surface area contributed by atoms with Crippen molar-refractivity contribution in [1.29, 1.82) is 0 Å². The van der Waals surface area contributed by atoms with Crippen LogP contribution in [0.15, 0.2) is 24.3 Å². The molecule has 2 heterocycles. The van der Waals surface area contributed by atoms with E-state index in [1.54, 1.807) is 14.2 Å². The Morgan fingerprint density at radius 3 is 2.72 bits per heavy atom. The number of hydrogen-bond acceptors (Lipinski definition) is 4. The minimum atomic E-state index is -0.385. The third-order valence-corrected chi connectivity index (χ3v) is 5.41. The van der Waals surface area contributed by atoms with E-state index in [0.29, 0.717) is 32.7 Å². The molecule has 2 aliphatic heterocycles. The molecule has 0 radical (unpaired) electrons. The zero-order chi connectivity index (χ0) is 17.9. The first kappa shape index (κ1) is 17.7. The molecular formula is C19H26N2O4. The van der Waals surface area contributed by atoms with Crippen LogP contribution in [0.25, 0.3) is 0 Å². The average molecular weight is 346 g/mol. The number of carbonyl (C=O) groups excluding carboxylic acids is 2. The Morgan fingerprint density at radius 2 is 1.96 bits per heavy atom. The van der Waals surface area contributed by atoms with Crippen LogP contribution in [-0.4, -0.2) is 68.6 Å². The fourth-order valence-electron chi connectivity index (χ4n) is 3.90. The van der Waals surface area contributed by atoms with E-state index in [0.717, 1.165) is 30.7 Å². The summed E-state index contributed by atoms with van der Waals surface area (Å²) in [6.07, 6.45) is 1.89. The van der Waals surface area contributed by atoms with Gasteiger partial charge < -0.3 is 19.3 Å². The van der Waals surface area contributed by atoms with E-state index in [9.17, 15) is 9.59 Å². The van der Waals surface area contributed by atoms with Gasteiger partial charge in [0.2, 0.25) is 11.8 Å². The summed E-state index contributed by atoms with van der Waals surface area (Å²) in [5.74, 6) is 0.967. The summed E-state index contributed by atoms with van der Waals surface area (Å²) in [6, 6.07) is 7.58. The van der Waals surface area contributed by atoms with E-state index >= 15 is 0 Å². The minimum Gasteiger partial charge on any atom is -0.496 e. The van der Waals surface area contributed by atoms with Gasteiger partial charge in [0.1, 0.15) is 5.75 Å². The Labute approximate surface area is 148 Å². The van der Waals surface area contributed by atoms with Crippen molar-refractivity contribution in [3.63, 3.8) is 0 Å². The molecule has 0 saturated carbocycles. The molecule has 6 heteroatoms. The molecular weight excluding hydrogens is 320 g/mol. The number of carbonyl (C=O) groups is 2. The van der Waals surface area contributed by atoms with Gasteiger partial charge in [0.25, 0.3) is 0 Å². The number of para-hydroxylation sites is 1. The summed E-state index contributed by atoms with van der Waals surface area (Å²) < 4.78 is 10.4. The highest BCUT2D eigenvalue weighted by Crippen LogP contribution is 2.40. The van der Waals surface area contributed by atoms with Gasteiger partial charge in [-0.2, -0.15) is 0 Å². The van der Waals surface area contributed by atoms with Crippen LogP contribution in [0.5, 0.6) is 5.75 Å². The van der Waals surface area contributed by atoms with Crippen molar-refractivity contribution in [3.8, 4) is 5.75 Å². The maximum Gasteiger partial charge on any atom is 0.230 e. The van der Waals surface area contributed by atoms with Gasteiger partial charge in [-0.25, -0.2) is 0 Å². The molecule has 0 N–H and O–H groups in total. The zero-order valence-electron chi connectivity index (χ0n) is 15.0. The number of ether oxygens (including phenoxy) is 2. The van der Waals surface area contributed by atoms with Crippen molar-refractivity contribution in [2.45, 2.75) is 19.3 Å². The molecule has 25 heavy (non-hydrogen) atoms. The fourth-order valence-corrected chi connectivity index (χ4v) is 3.90. The average Bonchev–Trinajstić information content (AvgIpc) is 3.19. The van der Waals surface area contributed by atoms with Crippen LogP contribution >= 0.6 is 0 Å². The van der Waals surface area contributed by atoms with Gasteiger partial charge in [0.15, 0.2) is 0 Å². The van der Waals surface area contributed by atoms with Gasteiger partial charge in [0, 0.05) is 38.9 Å². The van der Waals surface area contributed by atoms with E-state index in [4.69, 9.17) is 9.47 Å². The highest BCUT2D eigenvalue weighted by atomic mass is 16.5. The molecule has 1 spiro atoms. The van der Waals surface area contributed by atoms with Crippen LogP contribution < -0.4 is 4.74 Å². The molecule has 0 bridgehead atoms. The summed E-state index contributed by atoms with van der Waals surface area (Å²) in [6.45, 7) is 3.13. The Balaban J connectivity index is 1.63. The third-order valence-electron chi connectivity index (χ3n) is 5.41. The first-order valence-electron chi connectivity index (χ1n) is 8.77. The predicted octanol–water partition coefficient (Wildman–Crippen LogP) is 1.34. The van der Waals surface area contributed by atoms with Gasteiger partial charge in [-0.15, -0.1) is 0 Å². The highest BCUT2D eigenvalue weighted by Gasteiger charge is 2.51. The minimum absolute atomic E-state index is 0.0597. The molecule has 2 saturated heterocycles. The molecule has 2 amide bonds. The zero-order valence-corrected chi connectivity index (χ0v) is 15.0. The lowest BCUT2D eigenvalue weighted by Gasteiger charge is -2.23. The number of methoxy groups -OCH3 is 2. The molecule has 136 valence electrons. The summed E-state index contributed by atoms with van der Waals surface area (Å²) >= 11 is 0. The maximum atomic E-state index is 12.8. The van der Waals surface area contributed by atoms with Crippen molar-refractivity contribution in [2.75, 3.05) is 47.0 Å². The Bertz CT molecular complexity index is 648. The standard InChI is InChI=1S/C19H26N2O4/c1-24-12-11-20-9-7-19(18(20)23)8-10-21(14-19)17(22)13-15-5-3-4-6-16(15)25-2/h3-6H,7-14H2,1-2H3. The van der Waals surface area contributed by atoms with Gasteiger partial charge in [-0.3, -0.25) is 9.59 Å². The number of benzene rings is 1. The van der Waals surface area contributed by atoms with Crippen LogP contribution in [0.4, 0.5) is 0 Å². The fraction of sp³-hybridized carbons (Fsp3) is 0.579. The van der Waals surface area contributed by atoms with Gasteiger partial charge >= 0.3 is 0 Å². The second kappa shape index (κ2) is 7.44. The van der Waals surface area contributed by atoms with E-state index in [2.05, 4.69) is 0 Å². The molecule has 1 atom stereocenters. The lowest BCUT2D eigenvalue weighted by Crippen LogP contribution is -2.39. The number of hydrogen-bond donors (Lipinski definition) is 0. The van der Waals surface area contributed by atoms with E-state index in [1.165, 1.54) is 0 Å². The molecule has 1 aromatic rings. The first-order chi connectivity index (χ1) is 12.1. The van der Waals surface area contributed by atoms with E-state index in [1.807, 2.05) is 34.1 Å². The summed E-state index contributed by atoms with van der Waals surface area (Å²) in [5.41, 5.74) is 0.500. The lowest BCUT2D eigenvalue weighted by molar-refractivity contribution is -0.136. The molecule has 2 fully saturated rings. The topological polar surface area (TPSA) is 59.1 Å². The van der Waals surface area contributed by atoms with Crippen molar-refractivity contribution in [2.24, 2.45) is 5.41 Å². The highest BCUT2D eigenvalue weighted by molar-refractivity contribution is 5.87. The lowest BCUT2D eigenvalue weighted by atomic mass is 9.85. The van der Waals surface area contributed by atoms with Crippen LogP contribution in [0.3, 0.4) is 0 Å². The van der Waals surface area contributed by atoms with Crippen LogP contribution in [0.1, 0.15) is 18.4 Å². The molecule has 1 aromatic carbocycles. The van der Waals surface area contributed by atoms with Crippen LogP contribution in [0.2, 0.25) is 0 Å². The number of rotatable bonds is 6. The second-order valence-electron chi connectivity index (χ2n) is 6.87.